The highest BCUT2D eigenvalue weighted by atomic mass is 16.3. The predicted octanol–water partition coefficient (Wildman–Crippen LogP) is 1.22. The summed E-state index contributed by atoms with van der Waals surface area (Å²) in [4.78, 5) is 2.52. The molecule has 0 spiro atoms. The highest BCUT2D eigenvalue weighted by molar-refractivity contribution is 4.77. The van der Waals surface area contributed by atoms with Gasteiger partial charge in [-0.25, -0.2) is 0 Å². The van der Waals surface area contributed by atoms with Gasteiger partial charge in [0, 0.05) is 18.6 Å². The average molecular weight is 214 g/mol. The number of nitrogens with zero attached hydrogens (tertiary/aromatic N) is 1. The van der Waals surface area contributed by atoms with Crippen molar-refractivity contribution in [2.45, 2.75) is 51.6 Å². The first kappa shape index (κ1) is 12.9. The number of aliphatic hydroxyl groups excluding tert-OH is 1. The van der Waals surface area contributed by atoms with Crippen molar-refractivity contribution in [1.82, 2.24) is 10.2 Å². The van der Waals surface area contributed by atoms with Gasteiger partial charge in [0.15, 0.2) is 0 Å². The Morgan fingerprint density at radius 2 is 2.20 bits per heavy atom. The van der Waals surface area contributed by atoms with E-state index in [1.165, 1.54) is 32.2 Å². The van der Waals surface area contributed by atoms with Gasteiger partial charge in [-0.3, -0.25) is 4.90 Å². The van der Waals surface area contributed by atoms with E-state index >= 15 is 0 Å². The van der Waals surface area contributed by atoms with Crippen molar-refractivity contribution in [2.24, 2.45) is 0 Å². The summed E-state index contributed by atoms with van der Waals surface area (Å²) in [6, 6.07) is 0.927. The Hall–Kier alpha value is -0.120. The van der Waals surface area contributed by atoms with Gasteiger partial charge in [-0.2, -0.15) is 0 Å². The van der Waals surface area contributed by atoms with Gasteiger partial charge < -0.3 is 10.4 Å². The fourth-order valence-electron chi connectivity index (χ4n) is 2.36. The normalized spacial score (nSPS) is 26.2. The predicted molar refractivity (Wildman–Crippen MR) is 64.1 cm³/mol. The molecule has 3 nitrogen and oxygen atoms in total. The van der Waals surface area contributed by atoms with Crippen molar-refractivity contribution in [1.29, 1.82) is 0 Å². The van der Waals surface area contributed by atoms with Gasteiger partial charge in [0.25, 0.3) is 0 Å². The van der Waals surface area contributed by atoms with Crippen LogP contribution in [-0.4, -0.2) is 48.3 Å². The highest BCUT2D eigenvalue weighted by Crippen LogP contribution is 2.16. The zero-order valence-corrected chi connectivity index (χ0v) is 10.2. The largest absolute Gasteiger partial charge is 0.395 e. The molecule has 2 atom stereocenters. The molecule has 3 heteroatoms. The summed E-state index contributed by atoms with van der Waals surface area (Å²) in [5, 5.41) is 12.6. The maximum Gasteiger partial charge on any atom is 0.0597 e. The molecular formula is C12H26N2O. The first-order valence-electron chi connectivity index (χ1n) is 6.36. The highest BCUT2D eigenvalue weighted by Gasteiger charge is 2.19. The summed E-state index contributed by atoms with van der Waals surface area (Å²) in [6.45, 7) is 7.78. The minimum atomic E-state index is 0.246. The Kier molecular flexibility index (Phi) is 6.22. The van der Waals surface area contributed by atoms with Crippen LogP contribution in [0.2, 0.25) is 0 Å². The van der Waals surface area contributed by atoms with Gasteiger partial charge in [0.05, 0.1) is 6.61 Å². The molecule has 1 saturated heterocycles. The minimum Gasteiger partial charge on any atom is -0.395 e. The molecule has 0 aromatic heterocycles. The standard InChI is InChI=1S/C12H26N2O/c1-3-13-12(10-15)9-14-8-6-4-5-7-11(14)2/h11-13,15H,3-10H2,1-2H3. The number of likely N-dealkylation sites (N-methyl/N-ethyl adjacent to an activating group) is 1. The fraction of sp³-hybridized carbons (Fsp3) is 1.00. The van der Waals surface area contributed by atoms with Crippen molar-refractivity contribution in [3.05, 3.63) is 0 Å². The Morgan fingerprint density at radius 3 is 2.87 bits per heavy atom. The summed E-state index contributed by atoms with van der Waals surface area (Å²) < 4.78 is 0. The first-order valence-corrected chi connectivity index (χ1v) is 6.36. The van der Waals surface area contributed by atoms with E-state index in [2.05, 4.69) is 24.1 Å². The first-order chi connectivity index (χ1) is 7.27. The third-order valence-electron chi connectivity index (χ3n) is 3.36. The SMILES string of the molecule is CCNC(CO)CN1CCCCCC1C. The van der Waals surface area contributed by atoms with Crippen LogP contribution in [0, 0.1) is 0 Å². The fourth-order valence-corrected chi connectivity index (χ4v) is 2.36. The lowest BCUT2D eigenvalue weighted by atomic mass is 10.1. The lowest BCUT2D eigenvalue weighted by molar-refractivity contribution is 0.154. The van der Waals surface area contributed by atoms with Gasteiger partial charge in [0.2, 0.25) is 0 Å². The average Bonchev–Trinajstić information content (AvgIpc) is 2.43. The van der Waals surface area contributed by atoms with Crippen molar-refractivity contribution in [3.8, 4) is 0 Å². The molecular weight excluding hydrogens is 188 g/mol. The van der Waals surface area contributed by atoms with Crippen LogP contribution in [0.4, 0.5) is 0 Å². The van der Waals surface area contributed by atoms with Gasteiger partial charge >= 0.3 is 0 Å². The van der Waals surface area contributed by atoms with Crippen molar-refractivity contribution >= 4 is 0 Å². The lowest BCUT2D eigenvalue weighted by Gasteiger charge is -2.30. The van der Waals surface area contributed by atoms with E-state index in [0.717, 1.165) is 13.1 Å². The number of hydrogen-bond acceptors (Lipinski definition) is 3. The van der Waals surface area contributed by atoms with Crippen LogP contribution in [0.25, 0.3) is 0 Å². The van der Waals surface area contributed by atoms with Crippen molar-refractivity contribution in [2.75, 3.05) is 26.2 Å². The van der Waals surface area contributed by atoms with Crippen LogP contribution in [0.5, 0.6) is 0 Å². The molecule has 90 valence electrons. The summed E-state index contributed by atoms with van der Waals surface area (Å²) in [6.07, 6.45) is 5.35. The van der Waals surface area contributed by atoms with Gasteiger partial charge in [0.1, 0.15) is 0 Å². The quantitative estimate of drug-likeness (QED) is 0.722. The molecule has 1 rings (SSSR count). The molecule has 2 unspecified atom stereocenters. The number of likely N-dealkylation sites (tertiary alicyclic amines) is 1. The summed E-state index contributed by atoms with van der Waals surface area (Å²) in [5.41, 5.74) is 0. The van der Waals surface area contributed by atoms with E-state index in [9.17, 15) is 5.11 Å². The number of hydrogen-bond donors (Lipinski definition) is 2. The zero-order chi connectivity index (χ0) is 11.1. The minimum absolute atomic E-state index is 0.246. The van der Waals surface area contributed by atoms with Crippen molar-refractivity contribution in [3.63, 3.8) is 0 Å². The molecule has 0 aliphatic carbocycles. The number of nitrogens with one attached hydrogen (secondary N) is 1. The lowest BCUT2D eigenvalue weighted by Crippen LogP contribution is -2.46. The van der Waals surface area contributed by atoms with Gasteiger partial charge in [-0.05, 0) is 32.9 Å². The second kappa shape index (κ2) is 7.20. The summed E-state index contributed by atoms with van der Waals surface area (Å²) in [5.74, 6) is 0. The third kappa shape index (κ3) is 4.49. The molecule has 0 saturated carbocycles. The molecule has 0 aromatic rings. The van der Waals surface area contributed by atoms with Crippen LogP contribution < -0.4 is 5.32 Å². The molecule has 15 heavy (non-hydrogen) atoms. The molecule has 0 amide bonds. The molecule has 1 aliphatic rings. The van der Waals surface area contributed by atoms with Gasteiger partial charge in [-0.15, -0.1) is 0 Å². The van der Waals surface area contributed by atoms with E-state index in [0.29, 0.717) is 6.04 Å². The number of rotatable bonds is 5. The van der Waals surface area contributed by atoms with E-state index in [-0.39, 0.29) is 12.6 Å². The Bertz CT molecular complexity index is 164. The molecule has 0 aromatic carbocycles. The van der Waals surface area contributed by atoms with E-state index in [1.807, 2.05) is 0 Å². The van der Waals surface area contributed by atoms with Crippen LogP contribution in [-0.2, 0) is 0 Å². The maximum absolute atomic E-state index is 9.26. The van der Waals surface area contributed by atoms with Crippen LogP contribution in [0.1, 0.15) is 39.5 Å². The number of aliphatic hydroxyl groups is 1. The smallest absolute Gasteiger partial charge is 0.0597 e. The van der Waals surface area contributed by atoms with E-state index < -0.39 is 0 Å². The molecule has 0 bridgehead atoms. The molecule has 0 radical (unpaired) electrons. The van der Waals surface area contributed by atoms with Gasteiger partial charge in [-0.1, -0.05) is 19.8 Å². The molecule has 1 fully saturated rings. The Balaban J connectivity index is 2.38. The van der Waals surface area contributed by atoms with Crippen LogP contribution in [0.3, 0.4) is 0 Å². The van der Waals surface area contributed by atoms with Crippen LogP contribution in [0.15, 0.2) is 0 Å². The van der Waals surface area contributed by atoms with Crippen LogP contribution >= 0.6 is 0 Å². The van der Waals surface area contributed by atoms with E-state index in [4.69, 9.17) is 0 Å². The molecule has 1 aliphatic heterocycles. The van der Waals surface area contributed by atoms with Crippen molar-refractivity contribution < 1.29 is 5.11 Å². The third-order valence-corrected chi connectivity index (χ3v) is 3.36. The zero-order valence-electron chi connectivity index (χ0n) is 10.2. The molecule has 2 N–H and O–H groups in total. The maximum atomic E-state index is 9.26. The monoisotopic (exact) mass is 214 g/mol. The second-order valence-electron chi connectivity index (χ2n) is 4.63. The Morgan fingerprint density at radius 1 is 1.40 bits per heavy atom. The van der Waals surface area contributed by atoms with E-state index in [1.54, 1.807) is 0 Å². The molecule has 1 heterocycles. The Labute approximate surface area is 93.9 Å². The topological polar surface area (TPSA) is 35.5 Å². The summed E-state index contributed by atoms with van der Waals surface area (Å²) in [7, 11) is 0. The summed E-state index contributed by atoms with van der Waals surface area (Å²) >= 11 is 0. The second-order valence-corrected chi connectivity index (χ2v) is 4.63.